The number of pyridine rings is 1. The van der Waals surface area contributed by atoms with Crippen LogP contribution in [-0.2, 0) is 22.6 Å². The summed E-state index contributed by atoms with van der Waals surface area (Å²) in [4.78, 5) is 35.9. The van der Waals surface area contributed by atoms with E-state index in [0.717, 1.165) is 44.7 Å². The molecule has 7 heteroatoms. The first kappa shape index (κ1) is 22.4. The molecule has 0 saturated carbocycles. The number of likely N-dealkylation sites (tertiary alicyclic amines) is 1. The Morgan fingerprint density at radius 1 is 1.06 bits per heavy atom. The van der Waals surface area contributed by atoms with Gasteiger partial charge in [0.1, 0.15) is 5.82 Å². The lowest BCUT2D eigenvalue weighted by molar-refractivity contribution is -0.143. The molecule has 0 bridgehead atoms. The smallest absolute Gasteiger partial charge is 0.227 e. The minimum Gasteiger partial charge on any atom is -0.342 e. The number of rotatable bonds is 6. The monoisotopic (exact) mass is 438 g/mol. The van der Waals surface area contributed by atoms with Crippen LogP contribution in [-0.4, -0.2) is 70.8 Å². The molecule has 1 atom stereocenters. The van der Waals surface area contributed by atoms with Crippen molar-refractivity contribution in [2.45, 2.75) is 32.2 Å². The minimum atomic E-state index is -0.264. The molecule has 1 aromatic carbocycles. The molecule has 2 fully saturated rings. The van der Waals surface area contributed by atoms with Crippen LogP contribution in [0.25, 0.3) is 0 Å². The number of piperidine rings is 1. The van der Waals surface area contributed by atoms with Crippen molar-refractivity contribution in [1.29, 1.82) is 0 Å². The number of nitrogens with zero attached hydrogens (tertiary/aromatic N) is 4. The van der Waals surface area contributed by atoms with E-state index in [0.29, 0.717) is 32.4 Å². The first-order valence-corrected chi connectivity index (χ1v) is 11.5. The molecule has 2 aromatic rings. The van der Waals surface area contributed by atoms with Gasteiger partial charge in [-0.2, -0.15) is 0 Å². The molecule has 2 aliphatic heterocycles. The van der Waals surface area contributed by atoms with Gasteiger partial charge in [0.05, 0.1) is 5.92 Å². The number of aromatic nitrogens is 1. The summed E-state index contributed by atoms with van der Waals surface area (Å²) in [5.41, 5.74) is 2.10. The maximum atomic E-state index is 13.4. The number of amides is 2. The Morgan fingerprint density at radius 3 is 2.72 bits per heavy atom. The van der Waals surface area contributed by atoms with E-state index >= 15 is 0 Å². The normalized spacial score (nSPS) is 20.3. The Balaban J connectivity index is 1.29. The predicted molar refractivity (Wildman–Crippen MR) is 120 cm³/mol. The van der Waals surface area contributed by atoms with Gasteiger partial charge < -0.3 is 9.80 Å². The molecule has 0 radical (unpaired) electrons. The van der Waals surface area contributed by atoms with E-state index in [2.05, 4.69) is 9.88 Å². The third-order valence-electron chi connectivity index (χ3n) is 6.46. The number of benzene rings is 1. The number of halogens is 1. The zero-order valence-corrected chi connectivity index (χ0v) is 18.5. The summed E-state index contributed by atoms with van der Waals surface area (Å²) in [6, 6.07) is 10.5. The molecule has 1 aromatic heterocycles. The summed E-state index contributed by atoms with van der Waals surface area (Å²) in [7, 11) is 0. The molecule has 1 unspecified atom stereocenters. The average molecular weight is 439 g/mol. The van der Waals surface area contributed by atoms with Gasteiger partial charge in [-0.15, -0.1) is 0 Å². The zero-order valence-electron chi connectivity index (χ0n) is 18.5. The maximum Gasteiger partial charge on any atom is 0.227 e. The number of hydrogen-bond acceptors (Lipinski definition) is 4. The fourth-order valence-corrected chi connectivity index (χ4v) is 4.64. The molecule has 170 valence electrons. The molecule has 3 heterocycles. The highest BCUT2D eigenvalue weighted by Gasteiger charge is 2.33. The van der Waals surface area contributed by atoms with Gasteiger partial charge >= 0.3 is 0 Å². The summed E-state index contributed by atoms with van der Waals surface area (Å²) < 4.78 is 13.4. The summed E-state index contributed by atoms with van der Waals surface area (Å²) in [5, 5.41) is 0. The van der Waals surface area contributed by atoms with Crippen molar-refractivity contribution in [1.82, 2.24) is 19.7 Å². The fourth-order valence-electron chi connectivity index (χ4n) is 4.64. The lowest BCUT2D eigenvalue weighted by atomic mass is 9.95. The first-order valence-electron chi connectivity index (χ1n) is 11.5. The molecule has 0 spiro atoms. The van der Waals surface area contributed by atoms with E-state index in [1.165, 1.54) is 17.7 Å². The van der Waals surface area contributed by atoms with Gasteiger partial charge in [0.2, 0.25) is 11.8 Å². The highest BCUT2D eigenvalue weighted by atomic mass is 19.1. The topological polar surface area (TPSA) is 56.8 Å². The van der Waals surface area contributed by atoms with E-state index in [1.54, 1.807) is 11.0 Å². The summed E-state index contributed by atoms with van der Waals surface area (Å²) in [6.45, 7) is 5.15. The second kappa shape index (κ2) is 10.7. The van der Waals surface area contributed by atoms with Crippen LogP contribution < -0.4 is 0 Å². The number of carbonyl (C=O) groups excluding carboxylic acids is 2. The highest BCUT2D eigenvalue weighted by molar-refractivity contribution is 5.84. The van der Waals surface area contributed by atoms with Crippen LogP contribution in [0, 0.1) is 11.7 Å². The van der Waals surface area contributed by atoms with Crippen molar-refractivity contribution in [2.75, 3.05) is 39.3 Å². The Morgan fingerprint density at radius 2 is 1.91 bits per heavy atom. The third-order valence-corrected chi connectivity index (χ3v) is 6.46. The molecule has 2 aliphatic rings. The third kappa shape index (κ3) is 5.91. The van der Waals surface area contributed by atoms with Crippen molar-refractivity contribution >= 4 is 11.8 Å². The zero-order chi connectivity index (χ0) is 22.3. The quantitative estimate of drug-likeness (QED) is 0.696. The molecule has 4 rings (SSSR count). The Hall–Kier alpha value is -2.80. The van der Waals surface area contributed by atoms with Gasteiger partial charge in [0.25, 0.3) is 0 Å². The molecule has 32 heavy (non-hydrogen) atoms. The molecule has 2 saturated heterocycles. The molecular formula is C25H31FN4O2. The standard InChI is InChI=1S/C25H31FN4O2/c26-23-4-1-3-20(17-23)9-14-30-19-22(5-6-24(30)31)25(32)29-13-2-12-28(15-16-29)18-21-7-10-27-11-8-21/h1,3-4,7-8,10-11,17,22H,2,5-6,9,12-16,18-19H2. The van der Waals surface area contributed by atoms with Crippen molar-refractivity contribution in [3.8, 4) is 0 Å². The van der Waals surface area contributed by atoms with Crippen molar-refractivity contribution in [2.24, 2.45) is 5.92 Å². The summed E-state index contributed by atoms with van der Waals surface area (Å²) in [6.07, 6.45) is 6.19. The van der Waals surface area contributed by atoms with Crippen LogP contribution in [0.15, 0.2) is 48.8 Å². The number of carbonyl (C=O) groups is 2. The van der Waals surface area contributed by atoms with Crippen LogP contribution in [0.3, 0.4) is 0 Å². The van der Waals surface area contributed by atoms with E-state index in [1.807, 2.05) is 35.5 Å². The van der Waals surface area contributed by atoms with Crippen molar-refractivity contribution < 1.29 is 14.0 Å². The van der Waals surface area contributed by atoms with Gasteiger partial charge in [-0.1, -0.05) is 12.1 Å². The van der Waals surface area contributed by atoms with E-state index in [9.17, 15) is 14.0 Å². The van der Waals surface area contributed by atoms with Gasteiger partial charge in [0.15, 0.2) is 0 Å². The van der Waals surface area contributed by atoms with Crippen molar-refractivity contribution in [3.05, 3.63) is 65.7 Å². The lowest BCUT2D eigenvalue weighted by Gasteiger charge is -2.34. The minimum absolute atomic E-state index is 0.0878. The molecule has 6 nitrogen and oxygen atoms in total. The fraction of sp³-hybridized carbons (Fsp3) is 0.480. The molecular weight excluding hydrogens is 407 g/mol. The van der Waals surface area contributed by atoms with Crippen LogP contribution in [0.2, 0.25) is 0 Å². The average Bonchev–Trinajstić information content (AvgIpc) is 3.04. The highest BCUT2D eigenvalue weighted by Crippen LogP contribution is 2.21. The number of hydrogen-bond donors (Lipinski definition) is 0. The van der Waals surface area contributed by atoms with Crippen molar-refractivity contribution in [3.63, 3.8) is 0 Å². The van der Waals surface area contributed by atoms with E-state index in [4.69, 9.17) is 0 Å². The Kier molecular flexibility index (Phi) is 7.47. The predicted octanol–water partition coefficient (Wildman–Crippen LogP) is 2.74. The first-order chi connectivity index (χ1) is 15.6. The Labute approximate surface area is 189 Å². The second-order valence-electron chi connectivity index (χ2n) is 8.77. The van der Waals surface area contributed by atoms with Gasteiger partial charge in [0, 0.05) is 64.6 Å². The van der Waals surface area contributed by atoms with Gasteiger partial charge in [-0.05, 0) is 54.7 Å². The van der Waals surface area contributed by atoms with Gasteiger partial charge in [-0.25, -0.2) is 4.39 Å². The van der Waals surface area contributed by atoms with Crippen LogP contribution in [0.1, 0.15) is 30.4 Å². The maximum absolute atomic E-state index is 13.4. The Bertz CT molecular complexity index is 923. The molecule has 0 aliphatic carbocycles. The van der Waals surface area contributed by atoms with E-state index < -0.39 is 0 Å². The largest absolute Gasteiger partial charge is 0.342 e. The van der Waals surface area contributed by atoms with E-state index in [-0.39, 0.29) is 23.5 Å². The molecule has 0 N–H and O–H groups in total. The van der Waals surface area contributed by atoms with Gasteiger partial charge in [-0.3, -0.25) is 19.5 Å². The lowest BCUT2D eigenvalue weighted by Crippen LogP contribution is -2.48. The van der Waals surface area contributed by atoms with Crippen LogP contribution >= 0.6 is 0 Å². The van der Waals surface area contributed by atoms with Crippen LogP contribution in [0.4, 0.5) is 4.39 Å². The summed E-state index contributed by atoms with van der Waals surface area (Å²) >= 11 is 0. The van der Waals surface area contributed by atoms with Crippen LogP contribution in [0.5, 0.6) is 0 Å². The SMILES string of the molecule is O=C1CCC(C(=O)N2CCCN(Cc3ccncc3)CC2)CN1CCc1cccc(F)c1. The second-order valence-corrected chi connectivity index (χ2v) is 8.77. The summed E-state index contributed by atoms with van der Waals surface area (Å²) in [5.74, 6) is -0.157. The molecule has 2 amide bonds.